The number of thiazole rings is 1. The third kappa shape index (κ3) is 5.99. The molecule has 0 radical (unpaired) electrons. The number of amides is 1. The molecule has 1 aromatic heterocycles. The van der Waals surface area contributed by atoms with Gasteiger partial charge in [-0.15, -0.1) is 11.3 Å². The Kier molecular flexibility index (Phi) is 7.23. The smallest absolute Gasteiger partial charge is 0.223 e. The van der Waals surface area contributed by atoms with Gasteiger partial charge in [0, 0.05) is 29.9 Å². The van der Waals surface area contributed by atoms with E-state index >= 15 is 0 Å². The molecule has 1 amide bonds. The summed E-state index contributed by atoms with van der Waals surface area (Å²) in [5.41, 5.74) is 1.09. The van der Waals surface area contributed by atoms with Crippen LogP contribution in [0.25, 0.3) is 0 Å². The van der Waals surface area contributed by atoms with E-state index in [-0.39, 0.29) is 23.9 Å². The topological polar surface area (TPSA) is 78.4 Å². The number of hydrogen-bond acceptors (Lipinski definition) is 4. The maximum absolute atomic E-state index is 12.3. The van der Waals surface area contributed by atoms with Crippen molar-refractivity contribution in [1.82, 2.24) is 20.9 Å². The van der Waals surface area contributed by atoms with Crippen molar-refractivity contribution in [3.63, 3.8) is 0 Å². The van der Waals surface area contributed by atoms with Crippen LogP contribution in [0, 0.1) is 19.8 Å². The largest absolute Gasteiger partial charge is 0.354 e. The SMILES string of the molecule is CN=C(NCc1nc(C)c(C)s1)NC1CCCC(C(=O)NC(C)C)C1. The number of carbonyl (C=O) groups is 1. The molecule has 1 fully saturated rings. The summed E-state index contributed by atoms with van der Waals surface area (Å²) in [6.07, 6.45) is 3.96. The Labute approximate surface area is 154 Å². The average molecular weight is 366 g/mol. The minimum Gasteiger partial charge on any atom is -0.354 e. The summed E-state index contributed by atoms with van der Waals surface area (Å²) < 4.78 is 0. The molecule has 1 aromatic rings. The van der Waals surface area contributed by atoms with Gasteiger partial charge in [-0.2, -0.15) is 0 Å². The number of aryl methyl sites for hydroxylation is 2. The van der Waals surface area contributed by atoms with Crippen molar-refractivity contribution < 1.29 is 4.79 Å². The highest BCUT2D eigenvalue weighted by atomic mass is 32.1. The average Bonchev–Trinajstić information content (AvgIpc) is 2.89. The number of rotatable bonds is 5. The predicted octanol–water partition coefficient (Wildman–Crippen LogP) is 2.51. The molecule has 0 aromatic carbocycles. The van der Waals surface area contributed by atoms with Crippen molar-refractivity contribution in [3.05, 3.63) is 15.6 Å². The van der Waals surface area contributed by atoms with Crippen LogP contribution in [-0.4, -0.2) is 36.0 Å². The van der Waals surface area contributed by atoms with Crippen LogP contribution in [0.15, 0.2) is 4.99 Å². The van der Waals surface area contributed by atoms with Gasteiger partial charge in [-0.1, -0.05) is 6.42 Å². The first-order chi connectivity index (χ1) is 11.9. The number of aliphatic imine (C=N–C) groups is 1. The van der Waals surface area contributed by atoms with Crippen LogP contribution in [0.3, 0.4) is 0 Å². The second kappa shape index (κ2) is 9.17. The van der Waals surface area contributed by atoms with Gasteiger partial charge >= 0.3 is 0 Å². The molecule has 0 saturated heterocycles. The molecule has 25 heavy (non-hydrogen) atoms. The highest BCUT2D eigenvalue weighted by Crippen LogP contribution is 2.24. The number of nitrogens with one attached hydrogen (secondary N) is 3. The first-order valence-corrected chi connectivity index (χ1v) is 9.91. The molecular weight excluding hydrogens is 334 g/mol. The lowest BCUT2D eigenvalue weighted by atomic mass is 9.85. The highest BCUT2D eigenvalue weighted by Gasteiger charge is 2.28. The normalized spacial score (nSPS) is 21.3. The summed E-state index contributed by atoms with van der Waals surface area (Å²) in [4.78, 5) is 22.4. The molecule has 3 N–H and O–H groups in total. The standard InChI is InChI=1S/C18H31N5OS/c1-11(2)21-17(24)14-7-6-8-15(9-14)23-18(19-5)20-10-16-22-12(3)13(4)25-16/h11,14-15H,6-10H2,1-5H3,(H,21,24)(H2,19,20,23). The molecule has 0 aliphatic heterocycles. The fourth-order valence-corrected chi connectivity index (χ4v) is 4.00. The summed E-state index contributed by atoms with van der Waals surface area (Å²) in [7, 11) is 1.78. The molecule has 0 bridgehead atoms. The first kappa shape index (κ1) is 19.7. The van der Waals surface area contributed by atoms with E-state index in [2.05, 4.69) is 32.9 Å². The van der Waals surface area contributed by atoms with Gasteiger partial charge in [0.25, 0.3) is 0 Å². The van der Waals surface area contributed by atoms with E-state index in [1.54, 1.807) is 18.4 Å². The summed E-state index contributed by atoms with van der Waals surface area (Å²) >= 11 is 1.71. The summed E-state index contributed by atoms with van der Waals surface area (Å²) in [5.74, 6) is 1.05. The van der Waals surface area contributed by atoms with Crippen LogP contribution in [0.1, 0.15) is 55.1 Å². The monoisotopic (exact) mass is 365 g/mol. The Hall–Kier alpha value is -1.63. The maximum Gasteiger partial charge on any atom is 0.223 e. The van der Waals surface area contributed by atoms with Crippen LogP contribution < -0.4 is 16.0 Å². The fraction of sp³-hybridized carbons (Fsp3) is 0.722. The van der Waals surface area contributed by atoms with Gasteiger partial charge in [0.2, 0.25) is 5.91 Å². The number of guanidine groups is 1. The Balaban J connectivity index is 1.84. The van der Waals surface area contributed by atoms with Crippen molar-refractivity contribution in [2.24, 2.45) is 10.9 Å². The summed E-state index contributed by atoms with van der Waals surface area (Å²) in [6, 6.07) is 0.475. The second-order valence-electron chi connectivity index (χ2n) is 7.04. The van der Waals surface area contributed by atoms with Crippen LogP contribution in [0.5, 0.6) is 0 Å². The van der Waals surface area contributed by atoms with E-state index in [1.165, 1.54) is 4.88 Å². The molecule has 1 saturated carbocycles. The van der Waals surface area contributed by atoms with Gasteiger partial charge < -0.3 is 16.0 Å². The maximum atomic E-state index is 12.3. The van der Waals surface area contributed by atoms with Crippen molar-refractivity contribution in [2.45, 2.75) is 72.0 Å². The molecular formula is C18H31N5OS. The minimum absolute atomic E-state index is 0.0935. The number of nitrogens with zero attached hydrogens (tertiary/aromatic N) is 2. The lowest BCUT2D eigenvalue weighted by Gasteiger charge is -2.30. The Morgan fingerprint density at radius 2 is 2.12 bits per heavy atom. The van der Waals surface area contributed by atoms with Gasteiger partial charge in [0.1, 0.15) is 5.01 Å². The Bertz CT molecular complexity index is 591. The molecule has 1 aliphatic rings. The summed E-state index contributed by atoms with van der Waals surface area (Å²) in [6.45, 7) is 8.80. The van der Waals surface area contributed by atoms with Gasteiger partial charge in [0.15, 0.2) is 5.96 Å². The van der Waals surface area contributed by atoms with Crippen molar-refractivity contribution >= 4 is 23.2 Å². The number of hydrogen-bond donors (Lipinski definition) is 3. The predicted molar refractivity (Wildman–Crippen MR) is 104 cm³/mol. The molecule has 1 heterocycles. The fourth-order valence-electron chi connectivity index (χ4n) is 3.12. The molecule has 2 unspecified atom stereocenters. The van der Waals surface area contributed by atoms with Gasteiger partial charge in [-0.3, -0.25) is 9.79 Å². The van der Waals surface area contributed by atoms with Gasteiger partial charge in [0.05, 0.1) is 12.2 Å². The number of aromatic nitrogens is 1. The van der Waals surface area contributed by atoms with E-state index in [0.717, 1.165) is 42.3 Å². The van der Waals surface area contributed by atoms with E-state index in [9.17, 15) is 4.79 Å². The summed E-state index contributed by atoms with van der Waals surface area (Å²) in [5, 5.41) is 10.9. The molecule has 0 spiro atoms. The number of carbonyl (C=O) groups excluding carboxylic acids is 1. The molecule has 2 atom stereocenters. The van der Waals surface area contributed by atoms with Crippen LogP contribution in [0.4, 0.5) is 0 Å². The van der Waals surface area contributed by atoms with Crippen LogP contribution >= 0.6 is 11.3 Å². The zero-order chi connectivity index (χ0) is 18.4. The van der Waals surface area contributed by atoms with Crippen LogP contribution in [0.2, 0.25) is 0 Å². The third-order valence-corrected chi connectivity index (χ3v) is 5.59. The zero-order valence-corrected chi connectivity index (χ0v) is 16.8. The van der Waals surface area contributed by atoms with Gasteiger partial charge in [-0.05, 0) is 47.0 Å². The quantitative estimate of drug-likeness (QED) is 0.553. The van der Waals surface area contributed by atoms with Crippen LogP contribution in [-0.2, 0) is 11.3 Å². The van der Waals surface area contributed by atoms with Gasteiger partial charge in [-0.25, -0.2) is 4.98 Å². The van der Waals surface area contributed by atoms with Crippen molar-refractivity contribution in [2.75, 3.05) is 7.05 Å². The lowest BCUT2D eigenvalue weighted by Crippen LogP contribution is -2.47. The molecule has 1 aliphatic carbocycles. The van der Waals surface area contributed by atoms with Crippen molar-refractivity contribution in [1.29, 1.82) is 0 Å². The third-order valence-electron chi connectivity index (χ3n) is 4.52. The molecule has 2 rings (SSSR count). The van der Waals surface area contributed by atoms with E-state index in [0.29, 0.717) is 6.54 Å². The molecule has 7 heteroatoms. The van der Waals surface area contributed by atoms with E-state index in [4.69, 9.17) is 0 Å². The van der Waals surface area contributed by atoms with E-state index < -0.39 is 0 Å². The Morgan fingerprint density at radius 1 is 1.36 bits per heavy atom. The Morgan fingerprint density at radius 3 is 2.72 bits per heavy atom. The molecule has 6 nitrogen and oxygen atoms in total. The zero-order valence-electron chi connectivity index (χ0n) is 16.0. The van der Waals surface area contributed by atoms with Crippen molar-refractivity contribution in [3.8, 4) is 0 Å². The first-order valence-electron chi connectivity index (χ1n) is 9.09. The highest BCUT2D eigenvalue weighted by molar-refractivity contribution is 7.11. The minimum atomic E-state index is 0.0935. The lowest BCUT2D eigenvalue weighted by molar-refractivity contribution is -0.126. The second-order valence-corrected chi connectivity index (χ2v) is 8.33. The van der Waals surface area contributed by atoms with E-state index in [1.807, 2.05) is 20.8 Å². The molecule has 140 valence electrons.